The largest absolute Gasteiger partial charge is 0.352 e. The average molecular weight is 329 g/mol. The van der Waals surface area contributed by atoms with E-state index in [4.69, 9.17) is 11.6 Å². The van der Waals surface area contributed by atoms with Crippen molar-refractivity contribution in [2.45, 2.75) is 12.5 Å². The highest BCUT2D eigenvalue weighted by molar-refractivity contribution is 6.30. The Morgan fingerprint density at radius 1 is 1.17 bits per heavy atom. The van der Waals surface area contributed by atoms with Crippen molar-refractivity contribution in [1.29, 1.82) is 0 Å². The van der Waals surface area contributed by atoms with E-state index in [2.05, 4.69) is 5.32 Å². The van der Waals surface area contributed by atoms with Gasteiger partial charge in [-0.05, 0) is 23.3 Å². The lowest BCUT2D eigenvalue weighted by molar-refractivity contribution is -0.143. The molecule has 0 saturated carbocycles. The summed E-state index contributed by atoms with van der Waals surface area (Å²) >= 11 is 6.03. The van der Waals surface area contributed by atoms with Crippen LogP contribution in [-0.2, 0) is 16.0 Å². The van der Waals surface area contributed by atoms with Crippen LogP contribution < -0.4 is 5.32 Å². The predicted molar refractivity (Wildman–Crippen MR) is 89.1 cm³/mol. The van der Waals surface area contributed by atoms with Crippen molar-refractivity contribution >= 4 is 23.4 Å². The highest BCUT2D eigenvalue weighted by Gasteiger charge is 2.34. The molecule has 1 aliphatic heterocycles. The molecule has 23 heavy (non-hydrogen) atoms. The lowest BCUT2D eigenvalue weighted by atomic mass is 10.0. The third kappa shape index (κ3) is 3.54. The molecule has 0 aromatic heterocycles. The van der Waals surface area contributed by atoms with Crippen LogP contribution in [0.25, 0.3) is 0 Å². The van der Waals surface area contributed by atoms with Crippen LogP contribution in [0.5, 0.6) is 0 Å². The highest BCUT2D eigenvalue weighted by atomic mass is 35.5. The van der Waals surface area contributed by atoms with Crippen LogP contribution >= 0.6 is 11.6 Å². The van der Waals surface area contributed by atoms with Gasteiger partial charge in [0.25, 0.3) is 0 Å². The minimum absolute atomic E-state index is 0.0592. The summed E-state index contributed by atoms with van der Waals surface area (Å²) in [5.41, 5.74) is 1.67. The number of carbonyl (C=O) groups is 2. The maximum Gasteiger partial charge on any atom is 0.247 e. The maximum absolute atomic E-state index is 12.7. The Bertz CT molecular complexity index is 718. The number of nitrogens with one attached hydrogen (secondary N) is 1. The summed E-state index contributed by atoms with van der Waals surface area (Å²) in [5.74, 6) is -0.226. The number of carbonyl (C=O) groups excluding carboxylic acids is 2. The summed E-state index contributed by atoms with van der Waals surface area (Å²) in [4.78, 5) is 26.7. The van der Waals surface area contributed by atoms with Gasteiger partial charge in [0.05, 0.1) is 6.42 Å². The first-order valence-electron chi connectivity index (χ1n) is 7.52. The molecule has 1 N–H and O–H groups in total. The molecule has 3 rings (SSSR count). The van der Waals surface area contributed by atoms with Gasteiger partial charge in [-0.2, -0.15) is 0 Å². The second-order valence-electron chi connectivity index (χ2n) is 5.50. The van der Waals surface area contributed by atoms with E-state index in [1.807, 2.05) is 36.4 Å². The number of nitrogens with zero attached hydrogens (tertiary/aromatic N) is 1. The van der Waals surface area contributed by atoms with Crippen LogP contribution in [0.3, 0.4) is 0 Å². The molecular formula is C18H17ClN2O2. The fraction of sp³-hybridized carbons (Fsp3) is 0.222. The number of rotatable bonds is 3. The number of amides is 2. The zero-order chi connectivity index (χ0) is 16.2. The van der Waals surface area contributed by atoms with Gasteiger partial charge in [-0.1, -0.05) is 54.1 Å². The van der Waals surface area contributed by atoms with E-state index in [0.717, 1.165) is 11.1 Å². The second kappa shape index (κ2) is 6.84. The SMILES string of the molecule is O=C1NCCN(C(=O)Cc2ccccc2)C1c1cccc(Cl)c1. The van der Waals surface area contributed by atoms with Gasteiger partial charge in [-0.3, -0.25) is 9.59 Å². The van der Waals surface area contributed by atoms with E-state index in [-0.39, 0.29) is 18.2 Å². The molecule has 1 heterocycles. The molecule has 1 aliphatic rings. The Kier molecular flexibility index (Phi) is 4.63. The smallest absolute Gasteiger partial charge is 0.247 e. The fourth-order valence-electron chi connectivity index (χ4n) is 2.82. The van der Waals surface area contributed by atoms with Crippen LogP contribution in [0, 0.1) is 0 Å². The van der Waals surface area contributed by atoms with Gasteiger partial charge in [-0.15, -0.1) is 0 Å². The summed E-state index contributed by atoms with van der Waals surface area (Å²) in [7, 11) is 0. The van der Waals surface area contributed by atoms with Gasteiger partial charge in [0.2, 0.25) is 11.8 Å². The number of hydrogen-bond acceptors (Lipinski definition) is 2. The summed E-state index contributed by atoms with van der Waals surface area (Å²) in [6.45, 7) is 0.963. The van der Waals surface area contributed by atoms with Crippen molar-refractivity contribution in [3.63, 3.8) is 0 Å². The third-order valence-corrected chi connectivity index (χ3v) is 4.13. The van der Waals surface area contributed by atoms with Crippen molar-refractivity contribution in [3.8, 4) is 0 Å². The van der Waals surface area contributed by atoms with Gasteiger partial charge in [0, 0.05) is 18.1 Å². The molecule has 0 radical (unpaired) electrons. The monoisotopic (exact) mass is 328 g/mol. The fourth-order valence-corrected chi connectivity index (χ4v) is 3.01. The van der Waals surface area contributed by atoms with Crippen molar-refractivity contribution in [2.24, 2.45) is 0 Å². The molecule has 0 bridgehead atoms. The molecule has 2 aromatic rings. The zero-order valence-electron chi connectivity index (χ0n) is 12.5. The lowest BCUT2D eigenvalue weighted by Crippen LogP contribution is -2.52. The number of halogens is 1. The Morgan fingerprint density at radius 2 is 1.96 bits per heavy atom. The molecule has 2 amide bonds. The molecule has 0 spiro atoms. The van der Waals surface area contributed by atoms with Crippen molar-refractivity contribution in [1.82, 2.24) is 10.2 Å². The molecule has 2 aromatic carbocycles. The molecule has 5 heteroatoms. The van der Waals surface area contributed by atoms with E-state index in [1.54, 1.807) is 23.1 Å². The highest BCUT2D eigenvalue weighted by Crippen LogP contribution is 2.26. The Morgan fingerprint density at radius 3 is 2.70 bits per heavy atom. The molecule has 1 atom stereocenters. The van der Waals surface area contributed by atoms with Crippen LogP contribution in [-0.4, -0.2) is 29.8 Å². The van der Waals surface area contributed by atoms with Gasteiger partial charge in [0.1, 0.15) is 6.04 Å². The van der Waals surface area contributed by atoms with Crippen molar-refractivity contribution in [2.75, 3.05) is 13.1 Å². The maximum atomic E-state index is 12.7. The first-order valence-corrected chi connectivity index (χ1v) is 7.89. The summed E-state index contributed by atoms with van der Waals surface area (Å²) in [6, 6.07) is 16.0. The number of hydrogen-bond donors (Lipinski definition) is 1. The summed E-state index contributed by atoms with van der Waals surface area (Å²) in [6.07, 6.45) is 0.283. The van der Waals surface area contributed by atoms with Crippen LogP contribution in [0.2, 0.25) is 5.02 Å². The number of piperazine rings is 1. The van der Waals surface area contributed by atoms with Gasteiger partial charge in [-0.25, -0.2) is 0 Å². The van der Waals surface area contributed by atoms with Gasteiger partial charge < -0.3 is 10.2 Å². The number of benzene rings is 2. The molecule has 1 unspecified atom stereocenters. The molecule has 4 nitrogen and oxygen atoms in total. The van der Waals surface area contributed by atoms with Crippen LogP contribution in [0.4, 0.5) is 0 Å². The molecule has 0 aliphatic carbocycles. The van der Waals surface area contributed by atoms with Gasteiger partial charge in [0.15, 0.2) is 0 Å². The standard InChI is InChI=1S/C18H17ClN2O2/c19-15-8-4-7-14(12-15)17-18(23)20-9-10-21(17)16(22)11-13-5-2-1-3-6-13/h1-8,12,17H,9-11H2,(H,20,23). The van der Waals surface area contributed by atoms with E-state index >= 15 is 0 Å². The zero-order valence-corrected chi connectivity index (χ0v) is 13.3. The first-order chi connectivity index (χ1) is 11.1. The second-order valence-corrected chi connectivity index (χ2v) is 5.93. The first kappa shape index (κ1) is 15.6. The van der Waals surface area contributed by atoms with Crippen molar-refractivity contribution in [3.05, 3.63) is 70.7 Å². The Hall–Kier alpha value is -2.33. The van der Waals surface area contributed by atoms with E-state index in [0.29, 0.717) is 18.1 Å². The topological polar surface area (TPSA) is 49.4 Å². The lowest BCUT2D eigenvalue weighted by Gasteiger charge is -2.35. The van der Waals surface area contributed by atoms with Crippen LogP contribution in [0.15, 0.2) is 54.6 Å². The minimum atomic E-state index is -0.626. The van der Waals surface area contributed by atoms with E-state index in [1.165, 1.54) is 0 Å². The third-order valence-electron chi connectivity index (χ3n) is 3.89. The minimum Gasteiger partial charge on any atom is -0.352 e. The summed E-state index contributed by atoms with van der Waals surface area (Å²) < 4.78 is 0. The molecular weight excluding hydrogens is 312 g/mol. The predicted octanol–water partition coefficient (Wildman–Crippen LogP) is 2.58. The Balaban J connectivity index is 1.86. The average Bonchev–Trinajstić information content (AvgIpc) is 2.55. The summed E-state index contributed by atoms with van der Waals surface area (Å²) in [5, 5.41) is 3.38. The van der Waals surface area contributed by atoms with E-state index in [9.17, 15) is 9.59 Å². The van der Waals surface area contributed by atoms with Crippen molar-refractivity contribution < 1.29 is 9.59 Å². The van der Waals surface area contributed by atoms with Crippen LogP contribution in [0.1, 0.15) is 17.2 Å². The quantitative estimate of drug-likeness (QED) is 0.941. The Labute approximate surface area is 140 Å². The molecule has 118 valence electrons. The normalized spacial score (nSPS) is 17.7. The molecule has 1 fully saturated rings. The van der Waals surface area contributed by atoms with E-state index < -0.39 is 6.04 Å². The van der Waals surface area contributed by atoms with Gasteiger partial charge >= 0.3 is 0 Å². The molecule has 1 saturated heterocycles.